The first-order valence-corrected chi connectivity index (χ1v) is 6.17. The van der Waals surface area contributed by atoms with Crippen LogP contribution in [-0.4, -0.2) is 26.2 Å². The fraction of sp³-hybridized carbons (Fsp3) is 0.846. The van der Waals surface area contributed by atoms with Crippen molar-refractivity contribution in [1.82, 2.24) is 0 Å². The molecule has 0 spiro atoms. The minimum atomic E-state index is -0.168. The third-order valence-electron chi connectivity index (χ3n) is 2.93. The topological polar surface area (TPSA) is 52.6 Å². The fourth-order valence-electron chi connectivity index (χ4n) is 1.79. The Morgan fingerprint density at radius 2 is 1.65 bits per heavy atom. The van der Waals surface area contributed by atoms with Crippen molar-refractivity contribution < 1.29 is 19.1 Å². The van der Waals surface area contributed by atoms with Gasteiger partial charge in [-0.25, -0.2) is 0 Å². The first kappa shape index (κ1) is 15.9. The molecule has 0 aliphatic carbocycles. The summed E-state index contributed by atoms with van der Waals surface area (Å²) in [6.07, 6.45) is 3.98. The molecule has 0 rings (SSSR count). The molecule has 0 aromatic carbocycles. The van der Waals surface area contributed by atoms with E-state index in [0.29, 0.717) is 12.3 Å². The van der Waals surface area contributed by atoms with Gasteiger partial charge in [-0.15, -0.1) is 0 Å². The second-order valence-corrected chi connectivity index (χ2v) is 4.55. The third-order valence-corrected chi connectivity index (χ3v) is 2.93. The molecule has 0 N–H and O–H groups in total. The van der Waals surface area contributed by atoms with Crippen molar-refractivity contribution >= 4 is 11.9 Å². The number of carbonyl (C=O) groups excluding carboxylic acids is 2. The van der Waals surface area contributed by atoms with E-state index in [0.717, 1.165) is 25.7 Å². The first-order chi connectivity index (χ1) is 8.02. The molecular formula is C13H24O4. The Hall–Kier alpha value is -1.06. The van der Waals surface area contributed by atoms with Crippen molar-refractivity contribution in [2.45, 2.75) is 46.0 Å². The van der Waals surface area contributed by atoms with E-state index in [2.05, 4.69) is 4.74 Å². The van der Waals surface area contributed by atoms with Crippen molar-refractivity contribution in [2.75, 3.05) is 14.2 Å². The van der Waals surface area contributed by atoms with Gasteiger partial charge in [0.2, 0.25) is 0 Å². The molecule has 100 valence electrons. The van der Waals surface area contributed by atoms with Gasteiger partial charge in [-0.2, -0.15) is 0 Å². The smallest absolute Gasteiger partial charge is 0.308 e. The standard InChI is InChI=1S/C13H24O4/c1-10(2)11(13(15)17-4)8-6-5-7-9-12(14)16-3/h10-11H,5-9H2,1-4H3. The van der Waals surface area contributed by atoms with Gasteiger partial charge < -0.3 is 9.47 Å². The average molecular weight is 244 g/mol. The van der Waals surface area contributed by atoms with Crippen LogP contribution in [0.15, 0.2) is 0 Å². The Morgan fingerprint density at radius 1 is 1.00 bits per heavy atom. The Morgan fingerprint density at radius 3 is 2.12 bits per heavy atom. The van der Waals surface area contributed by atoms with Crippen molar-refractivity contribution in [3.8, 4) is 0 Å². The maximum Gasteiger partial charge on any atom is 0.308 e. The highest BCUT2D eigenvalue weighted by Gasteiger charge is 2.22. The van der Waals surface area contributed by atoms with E-state index in [-0.39, 0.29) is 17.9 Å². The summed E-state index contributed by atoms with van der Waals surface area (Å²) in [5.41, 5.74) is 0. The summed E-state index contributed by atoms with van der Waals surface area (Å²) in [4.78, 5) is 22.4. The third kappa shape index (κ3) is 6.97. The zero-order valence-corrected chi connectivity index (χ0v) is 11.3. The van der Waals surface area contributed by atoms with Crippen molar-refractivity contribution in [2.24, 2.45) is 11.8 Å². The number of hydrogen-bond donors (Lipinski definition) is 0. The van der Waals surface area contributed by atoms with Crippen LogP contribution < -0.4 is 0 Å². The molecule has 0 aliphatic heterocycles. The van der Waals surface area contributed by atoms with Crippen LogP contribution in [0.1, 0.15) is 46.0 Å². The van der Waals surface area contributed by atoms with Crippen LogP contribution in [0.2, 0.25) is 0 Å². The van der Waals surface area contributed by atoms with E-state index in [1.807, 2.05) is 13.8 Å². The van der Waals surface area contributed by atoms with E-state index >= 15 is 0 Å². The van der Waals surface area contributed by atoms with Crippen LogP contribution in [0.3, 0.4) is 0 Å². The molecule has 17 heavy (non-hydrogen) atoms. The summed E-state index contributed by atoms with van der Waals surface area (Å²) < 4.78 is 9.33. The fourth-order valence-corrected chi connectivity index (χ4v) is 1.79. The molecule has 1 unspecified atom stereocenters. The lowest BCUT2D eigenvalue weighted by atomic mass is 9.90. The zero-order valence-electron chi connectivity index (χ0n) is 11.3. The van der Waals surface area contributed by atoms with Crippen molar-refractivity contribution in [3.63, 3.8) is 0 Å². The summed E-state index contributed by atoms with van der Waals surface area (Å²) in [7, 11) is 2.82. The summed E-state index contributed by atoms with van der Waals surface area (Å²) in [6.45, 7) is 4.05. The lowest BCUT2D eigenvalue weighted by Crippen LogP contribution is -2.21. The lowest BCUT2D eigenvalue weighted by Gasteiger charge is -2.17. The number of esters is 2. The van der Waals surface area contributed by atoms with Crippen molar-refractivity contribution in [1.29, 1.82) is 0 Å². The summed E-state index contributed by atoms with van der Waals surface area (Å²) in [5, 5.41) is 0. The number of ether oxygens (including phenoxy) is 2. The highest BCUT2D eigenvalue weighted by atomic mass is 16.5. The summed E-state index contributed by atoms with van der Waals surface area (Å²) in [5.74, 6) is -0.0347. The van der Waals surface area contributed by atoms with Gasteiger partial charge in [0.05, 0.1) is 20.1 Å². The Bertz CT molecular complexity index is 236. The molecule has 0 aliphatic rings. The maximum absolute atomic E-state index is 11.5. The monoisotopic (exact) mass is 244 g/mol. The number of methoxy groups -OCH3 is 2. The van der Waals surface area contributed by atoms with Gasteiger partial charge >= 0.3 is 11.9 Å². The predicted molar refractivity (Wildman–Crippen MR) is 65.4 cm³/mol. The van der Waals surface area contributed by atoms with Crippen LogP contribution in [-0.2, 0) is 19.1 Å². The molecule has 0 aromatic heterocycles. The Balaban J connectivity index is 3.76. The second-order valence-electron chi connectivity index (χ2n) is 4.55. The lowest BCUT2D eigenvalue weighted by molar-refractivity contribution is -0.147. The molecule has 0 saturated carbocycles. The number of unbranched alkanes of at least 4 members (excludes halogenated alkanes) is 2. The van der Waals surface area contributed by atoms with E-state index < -0.39 is 0 Å². The van der Waals surface area contributed by atoms with Crippen LogP contribution >= 0.6 is 0 Å². The highest BCUT2D eigenvalue weighted by molar-refractivity contribution is 5.72. The molecular weight excluding hydrogens is 220 g/mol. The van der Waals surface area contributed by atoms with Gasteiger partial charge in [-0.05, 0) is 18.8 Å². The van der Waals surface area contributed by atoms with Gasteiger partial charge in [0.15, 0.2) is 0 Å². The van der Waals surface area contributed by atoms with Crippen LogP contribution in [0.4, 0.5) is 0 Å². The average Bonchev–Trinajstić information content (AvgIpc) is 2.31. The quantitative estimate of drug-likeness (QED) is 0.486. The molecule has 0 amide bonds. The Kier molecular flexibility index (Phi) is 8.46. The van der Waals surface area contributed by atoms with Crippen LogP contribution in [0.5, 0.6) is 0 Å². The molecule has 1 atom stereocenters. The van der Waals surface area contributed by atoms with E-state index in [9.17, 15) is 9.59 Å². The van der Waals surface area contributed by atoms with E-state index in [1.165, 1.54) is 14.2 Å². The van der Waals surface area contributed by atoms with E-state index in [1.54, 1.807) is 0 Å². The van der Waals surface area contributed by atoms with Crippen molar-refractivity contribution in [3.05, 3.63) is 0 Å². The van der Waals surface area contributed by atoms with Gasteiger partial charge in [-0.1, -0.05) is 26.7 Å². The molecule has 0 radical (unpaired) electrons. The first-order valence-electron chi connectivity index (χ1n) is 6.17. The van der Waals surface area contributed by atoms with Gasteiger partial charge in [0.25, 0.3) is 0 Å². The van der Waals surface area contributed by atoms with E-state index in [4.69, 9.17) is 4.74 Å². The molecule has 0 fully saturated rings. The molecule has 0 saturated heterocycles. The zero-order chi connectivity index (χ0) is 13.3. The Labute approximate surface area is 104 Å². The molecule has 0 bridgehead atoms. The molecule has 0 aromatic rings. The minimum Gasteiger partial charge on any atom is -0.469 e. The second kappa shape index (κ2) is 9.02. The summed E-state index contributed by atoms with van der Waals surface area (Å²) >= 11 is 0. The van der Waals surface area contributed by atoms with Gasteiger partial charge in [0, 0.05) is 6.42 Å². The number of carbonyl (C=O) groups is 2. The molecule has 4 nitrogen and oxygen atoms in total. The SMILES string of the molecule is COC(=O)CCCCCC(C(=O)OC)C(C)C. The van der Waals surface area contributed by atoms with Gasteiger partial charge in [0.1, 0.15) is 0 Å². The van der Waals surface area contributed by atoms with Gasteiger partial charge in [-0.3, -0.25) is 9.59 Å². The molecule has 4 heteroatoms. The normalized spacial score (nSPS) is 12.3. The summed E-state index contributed by atoms with van der Waals surface area (Å²) in [6, 6.07) is 0. The molecule has 0 heterocycles. The largest absolute Gasteiger partial charge is 0.469 e. The number of rotatable bonds is 8. The predicted octanol–water partition coefficient (Wildman–Crippen LogP) is 2.56. The van der Waals surface area contributed by atoms with Crippen LogP contribution in [0.25, 0.3) is 0 Å². The number of hydrogen-bond acceptors (Lipinski definition) is 4. The highest BCUT2D eigenvalue weighted by Crippen LogP contribution is 2.20. The maximum atomic E-state index is 11.5. The van der Waals surface area contributed by atoms with Crippen LogP contribution in [0, 0.1) is 11.8 Å². The minimum absolute atomic E-state index is 0.0295.